The van der Waals surface area contributed by atoms with Crippen LogP contribution in [0.25, 0.3) is 16.1 Å². The maximum absolute atomic E-state index is 5.08. The van der Waals surface area contributed by atoms with Gasteiger partial charge < -0.3 is 5.32 Å². The average molecular weight is 396 g/mol. The zero-order chi connectivity index (χ0) is 18.2. The molecule has 5 nitrogen and oxygen atoms in total. The van der Waals surface area contributed by atoms with Crippen LogP contribution in [-0.4, -0.2) is 19.0 Å². The Labute approximate surface area is 166 Å². The van der Waals surface area contributed by atoms with Gasteiger partial charge in [-0.05, 0) is 48.8 Å². The van der Waals surface area contributed by atoms with Crippen LogP contribution in [0.1, 0.15) is 49.4 Å². The largest absolute Gasteiger partial charge is 0.331 e. The topological polar surface area (TPSA) is 55.1 Å². The highest BCUT2D eigenvalue weighted by Gasteiger charge is 2.21. The van der Waals surface area contributed by atoms with Gasteiger partial charge in [0.05, 0.1) is 17.5 Å². The molecule has 1 aliphatic carbocycles. The number of hydrogen-bond acceptors (Lipinski definition) is 6. The van der Waals surface area contributed by atoms with Crippen molar-refractivity contribution in [1.29, 1.82) is 0 Å². The molecule has 0 atom stereocenters. The lowest BCUT2D eigenvalue weighted by Gasteiger charge is -2.22. The standard InChI is InChI=1S/C20H21N5S2/c1-13-10-19(27-24-13)23-18-11-16(14-6-3-2-4-7-14)22-20-15(12-21-25(18)20)17-8-5-9-26-17/h5,8-12,14,23H,2-4,6-7H2,1H3. The summed E-state index contributed by atoms with van der Waals surface area (Å²) in [5.41, 5.74) is 4.25. The minimum absolute atomic E-state index is 0.540. The van der Waals surface area contributed by atoms with Gasteiger partial charge in [0.1, 0.15) is 10.8 Å². The lowest BCUT2D eigenvalue weighted by Crippen LogP contribution is -2.10. The van der Waals surface area contributed by atoms with Crippen LogP contribution >= 0.6 is 22.9 Å². The Balaban J connectivity index is 1.64. The molecule has 0 aliphatic heterocycles. The quantitative estimate of drug-likeness (QED) is 0.459. The summed E-state index contributed by atoms with van der Waals surface area (Å²) < 4.78 is 6.31. The molecule has 0 saturated heterocycles. The zero-order valence-corrected chi connectivity index (χ0v) is 16.8. The second kappa shape index (κ2) is 7.05. The second-order valence-electron chi connectivity index (χ2n) is 7.13. The highest BCUT2D eigenvalue weighted by Crippen LogP contribution is 2.36. The maximum atomic E-state index is 5.08. The van der Waals surface area contributed by atoms with Gasteiger partial charge in [-0.3, -0.25) is 0 Å². The third-order valence-electron chi connectivity index (χ3n) is 5.18. The Hall–Kier alpha value is -2.25. The highest BCUT2D eigenvalue weighted by atomic mass is 32.1. The van der Waals surface area contributed by atoms with E-state index < -0.39 is 0 Å². The predicted octanol–water partition coefficient (Wildman–Crippen LogP) is 6.01. The van der Waals surface area contributed by atoms with E-state index in [0.717, 1.165) is 27.7 Å². The fourth-order valence-corrected chi connectivity index (χ4v) is 5.23. The number of rotatable bonds is 4. The van der Waals surface area contributed by atoms with Crippen LogP contribution in [0.4, 0.5) is 10.8 Å². The Morgan fingerprint density at radius 1 is 1.19 bits per heavy atom. The van der Waals surface area contributed by atoms with E-state index >= 15 is 0 Å². The molecule has 4 aromatic rings. The van der Waals surface area contributed by atoms with Crippen molar-refractivity contribution in [2.24, 2.45) is 0 Å². The van der Waals surface area contributed by atoms with Crippen molar-refractivity contribution in [3.05, 3.63) is 47.2 Å². The molecule has 1 N–H and O–H groups in total. The molecular weight excluding hydrogens is 374 g/mol. The molecule has 138 valence electrons. The summed E-state index contributed by atoms with van der Waals surface area (Å²) in [6.07, 6.45) is 8.32. The summed E-state index contributed by atoms with van der Waals surface area (Å²) >= 11 is 3.21. The van der Waals surface area contributed by atoms with Crippen molar-refractivity contribution >= 4 is 39.3 Å². The van der Waals surface area contributed by atoms with Gasteiger partial charge in [-0.15, -0.1) is 11.3 Å². The molecule has 0 radical (unpaired) electrons. The van der Waals surface area contributed by atoms with E-state index in [4.69, 9.17) is 4.98 Å². The van der Waals surface area contributed by atoms with Gasteiger partial charge in [0.2, 0.25) is 0 Å². The Bertz CT molecular complexity index is 1060. The molecular formula is C20H21N5S2. The number of fused-ring (bicyclic) bond motifs is 1. The van der Waals surface area contributed by atoms with E-state index in [0.29, 0.717) is 5.92 Å². The molecule has 4 heterocycles. The molecule has 1 fully saturated rings. The molecule has 27 heavy (non-hydrogen) atoms. The normalized spacial score (nSPS) is 15.4. The number of aromatic nitrogens is 4. The number of nitrogens with one attached hydrogen (secondary N) is 1. The summed E-state index contributed by atoms with van der Waals surface area (Å²) in [5, 5.41) is 11.3. The van der Waals surface area contributed by atoms with Crippen LogP contribution in [0.5, 0.6) is 0 Å². The molecule has 0 amide bonds. The van der Waals surface area contributed by atoms with Crippen LogP contribution in [0.3, 0.4) is 0 Å². The minimum atomic E-state index is 0.540. The van der Waals surface area contributed by atoms with E-state index in [2.05, 4.69) is 44.4 Å². The molecule has 0 spiro atoms. The average Bonchev–Trinajstić information content (AvgIpc) is 3.43. The van der Waals surface area contributed by atoms with E-state index in [1.165, 1.54) is 54.2 Å². The van der Waals surface area contributed by atoms with Crippen molar-refractivity contribution in [3.8, 4) is 10.4 Å². The third-order valence-corrected chi connectivity index (χ3v) is 6.88. The lowest BCUT2D eigenvalue weighted by atomic mass is 9.87. The molecule has 0 bridgehead atoms. The molecule has 4 aromatic heterocycles. The van der Waals surface area contributed by atoms with Gasteiger partial charge >= 0.3 is 0 Å². The first kappa shape index (κ1) is 16.9. The van der Waals surface area contributed by atoms with Gasteiger partial charge in [0, 0.05) is 22.6 Å². The first-order chi connectivity index (χ1) is 13.3. The maximum Gasteiger partial charge on any atom is 0.166 e. The second-order valence-corrected chi connectivity index (χ2v) is 8.88. The first-order valence-electron chi connectivity index (χ1n) is 9.41. The van der Waals surface area contributed by atoms with Gasteiger partial charge in [-0.25, -0.2) is 4.98 Å². The molecule has 5 rings (SSSR count). The molecule has 1 aliphatic rings. The van der Waals surface area contributed by atoms with Crippen LogP contribution in [0, 0.1) is 6.92 Å². The fourth-order valence-electron chi connectivity index (χ4n) is 3.83. The van der Waals surface area contributed by atoms with Gasteiger partial charge in [0.25, 0.3) is 0 Å². The predicted molar refractivity (Wildman–Crippen MR) is 112 cm³/mol. The van der Waals surface area contributed by atoms with E-state index in [9.17, 15) is 0 Å². The summed E-state index contributed by atoms with van der Waals surface area (Å²) in [6.45, 7) is 2.01. The smallest absolute Gasteiger partial charge is 0.166 e. The van der Waals surface area contributed by atoms with Gasteiger partial charge in [-0.1, -0.05) is 25.3 Å². The van der Waals surface area contributed by atoms with Crippen LogP contribution in [0.2, 0.25) is 0 Å². The van der Waals surface area contributed by atoms with Gasteiger partial charge in [0.15, 0.2) is 5.65 Å². The van der Waals surface area contributed by atoms with Crippen molar-refractivity contribution < 1.29 is 0 Å². The number of aryl methyl sites for hydroxylation is 1. The Morgan fingerprint density at radius 3 is 2.81 bits per heavy atom. The van der Waals surface area contributed by atoms with Crippen LogP contribution < -0.4 is 5.32 Å². The summed E-state index contributed by atoms with van der Waals surface area (Å²) in [6, 6.07) is 8.47. The molecule has 0 unspecified atom stereocenters. The first-order valence-corrected chi connectivity index (χ1v) is 11.1. The Morgan fingerprint density at radius 2 is 2.07 bits per heavy atom. The molecule has 0 aromatic carbocycles. The monoisotopic (exact) mass is 395 g/mol. The summed E-state index contributed by atoms with van der Waals surface area (Å²) in [7, 11) is 0. The fraction of sp³-hybridized carbons (Fsp3) is 0.350. The van der Waals surface area contributed by atoms with Crippen molar-refractivity contribution in [1.82, 2.24) is 19.0 Å². The number of hydrogen-bond donors (Lipinski definition) is 1. The van der Waals surface area contributed by atoms with Crippen molar-refractivity contribution in [2.75, 3.05) is 5.32 Å². The minimum Gasteiger partial charge on any atom is -0.331 e. The summed E-state index contributed by atoms with van der Waals surface area (Å²) in [4.78, 5) is 6.28. The molecule has 1 saturated carbocycles. The highest BCUT2D eigenvalue weighted by molar-refractivity contribution is 7.13. The SMILES string of the molecule is Cc1cc(Nc2cc(C3CCCCC3)nc3c(-c4cccs4)cnn23)sn1. The van der Waals surface area contributed by atoms with Crippen LogP contribution in [0.15, 0.2) is 35.8 Å². The summed E-state index contributed by atoms with van der Waals surface area (Å²) in [5.74, 6) is 1.51. The zero-order valence-electron chi connectivity index (χ0n) is 15.2. The number of nitrogens with zero attached hydrogens (tertiary/aromatic N) is 4. The van der Waals surface area contributed by atoms with Crippen molar-refractivity contribution in [3.63, 3.8) is 0 Å². The van der Waals surface area contributed by atoms with Crippen molar-refractivity contribution in [2.45, 2.75) is 44.9 Å². The number of thiophene rings is 1. The van der Waals surface area contributed by atoms with E-state index in [-0.39, 0.29) is 0 Å². The number of anilines is 2. The van der Waals surface area contributed by atoms with E-state index in [1.807, 2.05) is 17.6 Å². The lowest BCUT2D eigenvalue weighted by molar-refractivity contribution is 0.437. The van der Waals surface area contributed by atoms with E-state index in [1.54, 1.807) is 11.3 Å². The Kier molecular flexibility index (Phi) is 4.41. The van der Waals surface area contributed by atoms with Crippen LogP contribution in [-0.2, 0) is 0 Å². The van der Waals surface area contributed by atoms with Gasteiger partial charge in [-0.2, -0.15) is 14.0 Å². The molecule has 7 heteroatoms. The third kappa shape index (κ3) is 3.26.